The number of carbonyl (C=O) groups excluding carboxylic acids is 1. The lowest BCUT2D eigenvalue weighted by Gasteiger charge is -2.15. The Bertz CT molecular complexity index is 547. The highest BCUT2D eigenvalue weighted by atomic mass is 35.5. The molecule has 1 amide bonds. The van der Waals surface area contributed by atoms with Crippen molar-refractivity contribution < 1.29 is 9.72 Å². The average molecular weight is 333 g/mol. The SMILES string of the molecule is CC(C)CCC(C)NC(=O)c1cc([N+](=O)[O-])cc(Cl)c1Cl. The van der Waals surface area contributed by atoms with Crippen molar-refractivity contribution in [3.8, 4) is 0 Å². The van der Waals surface area contributed by atoms with Gasteiger partial charge < -0.3 is 5.32 Å². The van der Waals surface area contributed by atoms with E-state index in [0.717, 1.165) is 25.0 Å². The van der Waals surface area contributed by atoms with E-state index in [2.05, 4.69) is 19.2 Å². The highest BCUT2D eigenvalue weighted by molar-refractivity contribution is 6.44. The molecule has 1 aromatic rings. The molecule has 1 N–H and O–H groups in total. The Kier molecular flexibility index (Phi) is 6.42. The number of hydrogen-bond acceptors (Lipinski definition) is 3. The quantitative estimate of drug-likeness (QED) is 0.617. The molecule has 0 spiro atoms. The van der Waals surface area contributed by atoms with Gasteiger partial charge in [0.2, 0.25) is 0 Å². The topological polar surface area (TPSA) is 72.2 Å². The van der Waals surface area contributed by atoms with E-state index in [1.165, 1.54) is 0 Å². The van der Waals surface area contributed by atoms with Crippen molar-refractivity contribution in [3.63, 3.8) is 0 Å². The maximum atomic E-state index is 12.2. The van der Waals surface area contributed by atoms with E-state index in [0.29, 0.717) is 5.92 Å². The Labute approximate surface area is 133 Å². The fraction of sp³-hybridized carbons (Fsp3) is 0.500. The van der Waals surface area contributed by atoms with Gasteiger partial charge in [-0.05, 0) is 25.7 Å². The molecule has 7 heteroatoms. The normalized spacial score (nSPS) is 12.3. The number of hydrogen-bond donors (Lipinski definition) is 1. The molecule has 1 unspecified atom stereocenters. The summed E-state index contributed by atoms with van der Waals surface area (Å²) in [6.45, 7) is 6.09. The number of non-ortho nitro benzene ring substituents is 1. The molecule has 1 aromatic carbocycles. The van der Waals surface area contributed by atoms with Crippen LogP contribution in [0.25, 0.3) is 0 Å². The second-order valence-corrected chi connectivity index (χ2v) is 6.18. The van der Waals surface area contributed by atoms with E-state index in [9.17, 15) is 14.9 Å². The zero-order valence-corrected chi connectivity index (χ0v) is 13.7. The van der Waals surface area contributed by atoms with Gasteiger partial charge in [-0.15, -0.1) is 0 Å². The van der Waals surface area contributed by atoms with Crippen LogP contribution in [0, 0.1) is 16.0 Å². The van der Waals surface area contributed by atoms with E-state index < -0.39 is 10.8 Å². The Hall–Kier alpha value is -1.33. The van der Waals surface area contributed by atoms with Gasteiger partial charge in [0.1, 0.15) is 0 Å². The standard InChI is InChI=1S/C14H18Cl2N2O3/c1-8(2)4-5-9(3)17-14(19)11-6-10(18(20)21)7-12(15)13(11)16/h6-9H,4-5H2,1-3H3,(H,17,19). The van der Waals surface area contributed by atoms with Gasteiger partial charge in [0.25, 0.3) is 11.6 Å². The van der Waals surface area contributed by atoms with Crippen molar-refractivity contribution in [1.82, 2.24) is 5.32 Å². The molecular weight excluding hydrogens is 315 g/mol. The van der Waals surface area contributed by atoms with E-state index in [1.807, 2.05) is 6.92 Å². The molecule has 116 valence electrons. The molecule has 1 atom stereocenters. The first-order chi connectivity index (χ1) is 9.72. The van der Waals surface area contributed by atoms with Gasteiger partial charge in [0.15, 0.2) is 0 Å². The van der Waals surface area contributed by atoms with Crippen molar-refractivity contribution in [2.24, 2.45) is 5.92 Å². The van der Waals surface area contributed by atoms with E-state index in [4.69, 9.17) is 23.2 Å². The molecule has 21 heavy (non-hydrogen) atoms. The predicted octanol–water partition coefficient (Wildman–Crippen LogP) is 4.46. The number of nitro benzene ring substituents is 1. The maximum Gasteiger partial charge on any atom is 0.271 e. The minimum absolute atomic E-state index is 0.00847. The summed E-state index contributed by atoms with van der Waals surface area (Å²) in [6.07, 6.45) is 1.80. The number of halogens is 2. The molecule has 5 nitrogen and oxygen atoms in total. The summed E-state index contributed by atoms with van der Waals surface area (Å²) in [5, 5.41) is 13.6. The van der Waals surface area contributed by atoms with Gasteiger partial charge in [-0.3, -0.25) is 14.9 Å². The number of nitro groups is 1. The van der Waals surface area contributed by atoms with Crippen LogP contribution in [0.2, 0.25) is 10.0 Å². The van der Waals surface area contributed by atoms with E-state index >= 15 is 0 Å². The van der Waals surface area contributed by atoms with Crippen LogP contribution in [-0.4, -0.2) is 16.9 Å². The van der Waals surface area contributed by atoms with Crippen molar-refractivity contribution in [1.29, 1.82) is 0 Å². The summed E-state index contributed by atoms with van der Waals surface area (Å²) < 4.78 is 0. The third kappa shape index (κ3) is 5.17. The fourth-order valence-electron chi connectivity index (χ4n) is 1.80. The van der Waals surface area contributed by atoms with Gasteiger partial charge in [0, 0.05) is 18.2 Å². The van der Waals surface area contributed by atoms with Crippen LogP contribution in [-0.2, 0) is 0 Å². The molecule has 0 aromatic heterocycles. The molecule has 0 aliphatic carbocycles. The lowest BCUT2D eigenvalue weighted by Crippen LogP contribution is -2.33. The molecule has 0 radical (unpaired) electrons. The van der Waals surface area contributed by atoms with E-state index in [-0.39, 0.29) is 27.3 Å². The minimum atomic E-state index is -0.610. The van der Waals surface area contributed by atoms with Crippen LogP contribution in [0.4, 0.5) is 5.69 Å². The first-order valence-corrected chi connectivity index (χ1v) is 7.42. The maximum absolute atomic E-state index is 12.2. The number of carbonyl (C=O) groups is 1. The lowest BCUT2D eigenvalue weighted by molar-refractivity contribution is -0.384. The van der Waals surface area contributed by atoms with Crippen LogP contribution >= 0.6 is 23.2 Å². The first kappa shape index (κ1) is 17.7. The van der Waals surface area contributed by atoms with E-state index in [1.54, 1.807) is 0 Å². The molecule has 0 bridgehead atoms. The van der Waals surface area contributed by atoms with Crippen LogP contribution in [0.15, 0.2) is 12.1 Å². The number of rotatable bonds is 6. The molecule has 0 fully saturated rings. The summed E-state index contributed by atoms with van der Waals surface area (Å²) >= 11 is 11.8. The second-order valence-electron chi connectivity index (χ2n) is 5.39. The summed E-state index contributed by atoms with van der Waals surface area (Å²) in [6, 6.07) is 2.22. The smallest absolute Gasteiger partial charge is 0.271 e. The molecular formula is C14H18Cl2N2O3. The number of benzene rings is 1. The lowest BCUT2D eigenvalue weighted by atomic mass is 10.0. The monoisotopic (exact) mass is 332 g/mol. The van der Waals surface area contributed by atoms with Gasteiger partial charge >= 0.3 is 0 Å². The van der Waals surface area contributed by atoms with Crippen LogP contribution in [0.3, 0.4) is 0 Å². The number of nitrogens with one attached hydrogen (secondary N) is 1. The van der Waals surface area contributed by atoms with Crippen molar-refractivity contribution in [2.75, 3.05) is 0 Å². The second kappa shape index (κ2) is 7.61. The fourth-order valence-corrected chi connectivity index (χ4v) is 2.21. The van der Waals surface area contributed by atoms with Crippen LogP contribution in [0.1, 0.15) is 44.0 Å². The molecule has 0 aliphatic heterocycles. The van der Waals surface area contributed by atoms with Crippen molar-refractivity contribution >= 4 is 34.8 Å². The van der Waals surface area contributed by atoms with Crippen molar-refractivity contribution in [2.45, 2.75) is 39.7 Å². The number of nitrogens with zero attached hydrogens (tertiary/aromatic N) is 1. The Morgan fingerprint density at radius 3 is 2.43 bits per heavy atom. The largest absolute Gasteiger partial charge is 0.350 e. The summed E-state index contributed by atoms with van der Waals surface area (Å²) in [7, 11) is 0. The molecule has 0 heterocycles. The Morgan fingerprint density at radius 1 is 1.29 bits per heavy atom. The highest BCUT2D eigenvalue weighted by Gasteiger charge is 2.20. The first-order valence-electron chi connectivity index (χ1n) is 6.66. The van der Waals surface area contributed by atoms with Crippen molar-refractivity contribution in [3.05, 3.63) is 37.9 Å². The Morgan fingerprint density at radius 2 is 1.90 bits per heavy atom. The zero-order chi connectivity index (χ0) is 16.2. The summed E-state index contributed by atoms with van der Waals surface area (Å²) in [4.78, 5) is 22.4. The highest BCUT2D eigenvalue weighted by Crippen LogP contribution is 2.30. The third-order valence-corrected chi connectivity index (χ3v) is 3.82. The molecule has 0 saturated heterocycles. The molecule has 1 rings (SSSR count). The third-order valence-electron chi connectivity index (χ3n) is 3.02. The summed E-state index contributed by atoms with van der Waals surface area (Å²) in [5.41, 5.74) is -0.239. The molecule has 0 saturated carbocycles. The molecule has 0 aliphatic rings. The minimum Gasteiger partial charge on any atom is -0.350 e. The van der Waals surface area contributed by atoms with Gasteiger partial charge in [-0.25, -0.2) is 0 Å². The number of amides is 1. The van der Waals surface area contributed by atoms with Gasteiger partial charge in [-0.2, -0.15) is 0 Å². The van der Waals surface area contributed by atoms with Crippen LogP contribution in [0.5, 0.6) is 0 Å². The zero-order valence-electron chi connectivity index (χ0n) is 12.2. The van der Waals surface area contributed by atoms with Crippen LogP contribution < -0.4 is 5.32 Å². The average Bonchev–Trinajstić information content (AvgIpc) is 2.38. The van der Waals surface area contributed by atoms with Gasteiger partial charge in [0.05, 0.1) is 20.5 Å². The summed E-state index contributed by atoms with van der Waals surface area (Å²) in [5.74, 6) is 0.0852. The van der Waals surface area contributed by atoms with Gasteiger partial charge in [-0.1, -0.05) is 37.0 Å². The predicted molar refractivity (Wildman–Crippen MR) is 84.1 cm³/mol. The Balaban J connectivity index is 2.89.